The van der Waals surface area contributed by atoms with Crippen LogP contribution >= 0.6 is 0 Å². The molecule has 116 valence electrons. The summed E-state index contributed by atoms with van der Waals surface area (Å²) < 4.78 is 5.42. The highest BCUT2D eigenvalue weighted by molar-refractivity contribution is 5.44. The topological polar surface area (TPSA) is 80.4 Å². The van der Waals surface area contributed by atoms with Crippen LogP contribution in [0.25, 0.3) is 0 Å². The van der Waals surface area contributed by atoms with Crippen molar-refractivity contribution in [2.45, 2.75) is 38.1 Å². The minimum Gasteiger partial charge on any atom is -0.381 e. The van der Waals surface area contributed by atoms with Crippen molar-refractivity contribution in [3.05, 3.63) is 0 Å². The van der Waals surface area contributed by atoms with Crippen molar-refractivity contribution in [1.82, 2.24) is 15.0 Å². The van der Waals surface area contributed by atoms with Crippen molar-refractivity contribution >= 4 is 17.8 Å². The zero-order valence-corrected chi connectivity index (χ0v) is 12.7. The molecule has 7 nitrogen and oxygen atoms in total. The molecule has 0 unspecified atom stereocenters. The van der Waals surface area contributed by atoms with Crippen molar-refractivity contribution in [2.24, 2.45) is 0 Å². The van der Waals surface area contributed by atoms with Crippen molar-refractivity contribution in [2.75, 3.05) is 48.9 Å². The molecule has 2 N–H and O–H groups in total. The molecule has 0 amide bonds. The number of hydrogen-bond acceptors (Lipinski definition) is 7. The fourth-order valence-corrected chi connectivity index (χ4v) is 3.00. The maximum atomic E-state index is 5.89. The Labute approximate surface area is 125 Å². The van der Waals surface area contributed by atoms with Crippen molar-refractivity contribution < 1.29 is 4.74 Å². The Bertz CT molecular complexity index is 471. The second-order valence-electron chi connectivity index (χ2n) is 5.80. The Morgan fingerprint density at radius 3 is 2.52 bits per heavy atom. The summed E-state index contributed by atoms with van der Waals surface area (Å²) in [4.78, 5) is 17.6. The fourth-order valence-electron chi connectivity index (χ4n) is 3.00. The van der Waals surface area contributed by atoms with Crippen LogP contribution in [0.2, 0.25) is 0 Å². The first kappa shape index (κ1) is 14.3. The van der Waals surface area contributed by atoms with Gasteiger partial charge in [-0.1, -0.05) is 0 Å². The first-order valence-corrected chi connectivity index (χ1v) is 7.81. The van der Waals surface area contributed by atoms with Gasteiger partial charge < -0.3 is 20.3 Å². The van der Waals surface area contributed by atoms with Gasteiger partial charge >= 0.3 is 0 Å². The molecule has 2 aliphatic heterocycles. The summed E-state index contributed by atoms with van der Waals surface area (Å²) in [6.45, 7) is 3.61. The van der Waals surface area contributed by atoms with E-state index < -0.39 is 0 Å². The van der Waals surface area contributed by atoms with Gasteiger partial charge in [0.05, 0.1) is 0 Å². The van der Waals surface area contributed by atoms with Crippen LogP contribution in [0.3, 0.4) is 0 Å². The van der Waals surface area contributed by atoms with Crippen LogP contribution in [0.4, 0.5) is 17.8 Å². The molecule has 0 aliphatic carbocycles. The quantitative estimate of drug-likeness (QED) is 0.892. The number of nitrogen functional groups attached to an aromatic ring is 1. The molecule has 2 fully saturated rings. The number of aromatic nitrogens is 3. The Kier molecular flexibility index (Phi) is 4.38. The monoisotopic (exact) mass is 292 g/mol. The zero-order chi connectivity index (χ0) is 14.7. The maximum Gasteiger partial charge on any atom is 0.231 e. The summed E-state index contributed by atoms with van der Waals surface area (Å²) >= 11 is 0. The molecule has 2 aliphatic rings. The Balaban J connectivity index is 1.79. The fraction of sp³-hybridized carbons (Fsp3) is 0.786. The Morgan fingerprint density at radius 2 is 1.81 bits per heavy atom. The molecule has 1 aromatic rings. The molecule has 0 atom stereocenters. The van der Waals surface area contributed by atoms with E-state index in [1.54, 1.807) is 0 Å². The van der Waals surface area contributed by atoms with Gasteiger partial charge in [0, 0.05) is 39.4 Å². The minimum absolute atomic E-state index is 0.305. The second kappa shape index (κ2) is 6.43. The van der Waals surface area contributed by atoms with E-state index in [9.17, 15) is 0 Å². The van der Waals surface area contributed by atoms with Crippen LogP contribution in [0, 0.1) is 0 Å². The SMILES string of the molecule is CN(c1nc(N)nc(N2CCCCC2)n1)C1CCOCC1. The number of nitrogens with zero attached hydrogens (tertiary/aromatic N) is 5. The van der Waals surface area contributed by atoms with Crippen LogP contribution in [0.1, 0.15) is 32.1 Å². The third-order valence-electron chi connectivity index (χ3n) is 4.32. The van der Waals surface area contributed by atoms with E-state index in [-0.39, 0.29) is 0 Å². The third-order valence-corrected chi connectivity index (χ3v) is 4.32. The average Bonchev–Trinajstić information content (AvgIpc) is 2.55. The summed E-state index contributed by atoms with van der Waals surface area (Å²) in [5.74, 6) is 1.70. The summed E-state index contributed by atoms with van der Waals surface area (Å²) in [5.41, 5.74) is 5.89. The molecular weight excluding hydrogens is 268 g/mol. The number of hydrogen-bond donors (Lipinski definition) is 1. The van der Waals surface area contributed by atoms with Gasteiger partial charge in [-0.3, -0.25) is 0 Å². The first-order valence-electron chi connectivity index (χ1n) is 7.81. The summed E-state index contributed by atoms with van der Waals surface area (Å²) in [6.07, 6.45) is 5.67. The number of nitrogens with two attached hydrogens (primary N) is 1. The van der Waals surface area contributed by atoms with Gasteiger partial charge in [0.2, 0.25) is 17.8 Å². The van der Waals surface area contributed by atoms with Gasteiger partial charge in [0.15, 0.2) is 0 Å². The average molecular weight is 292 g/mol. The van der Waals surface area contributed by atoms with Crippen molar-refractivity contribution in [1.29, 1.82) is 0 Å². The largest absolute Gasteiger partial charge is 0.381 e. The summed E-state index contributed by atoms with van der Waals surface area (Å²) in [6, 6.07) is 0.412. The molecule has 0 radical (unpaired) electrons. The number of rotatable bonds is 3. The molecule has 0 bridgehead atoms. The molecule has 21 heavy (non-hydrogen) atoms. The molecule has 0 aromatic carbocycles. The second-order valence-corrected chi connectivity index (χ2v) is 5.80. The Hall–Kier alpha value is -1.63. The molecule has 3 heterocycles. The Morgan fingerprint density at radius 1 is 1.10 bits per heavy atom. The zero-order valence-electron chi connectivity index (χ0n) is 12.7. The molecule has 1 aromatic heterocycles. The lowest BCUT2D eigenvalue weighted by atomic mass is 10.1. The highest BCUT2D eigenvalue weighted by atomic mass is 16.5. The van der Waals surface area contributed by atoms with Gasteiger partial charge in [-0.05, 0) is 32.1 Å². The molecule has 7 heteroatoms. The van der Waals surface area contributed by atoms with Crippen LogP contribution in [0.5, 0.6) is 0 Å². The normalized spacial score (nSPS) is 20.5. The maximum absolute atomic E-state index is 5.89. The molecule has 0 saturated carbocycles. The first-order chi connectivity index (χ1) is 10.2. The molecule has 2 saturated heterocycles. The lowest BCUT2D eigenvalue weighted by Crippen LogP contribution is -2.38. The van der Waals surface area contributed by atoms with Crippen LogP contribution in [0.15, 0.2) is 0 Å². The van der Waals surface area contributed by atoms with Gasteiger partial charge in [0.25, 0.3) is 0 Å². The van der Waals surface area contributed by atoms with E-state index in [4.69, 9.17) is 10.5 Å². The minimum atomic E-state index is 0.305. The van der Waals surface area contributed by atoms with E-state index in [2.05, 4.69) is 24.8 Å². The summed E-state index contributed by atoms with van der Waals surface area (Å²) in [7, 11) is 2.03. The number of ether oxygens (including phenoxy) is 1. The van der Waals surface area contributed by atoms with E-state index >= 15 is 0 Å². The van der Waals surface area contributed by atoms with E-state index in [0.29, 0.717) is 17.9 Å². The van der Waals surface area contributed by atoms with Gasteiger partial charge in [0.1, 0.15) is 0 Å². The lowest BCUT2D eigenvalue weighted by molar-refractivity contribution is 0.0852. The smallest absolute Gasteiger partial charge is 0.231 e. The molecular formula is C14H24N6O. The van der Waals surface area contributed by atoms with Crippen LogP contribution in [-0.2, 0) is 4.74 Å². The molecule has 3 rings (SSSR count). The van der Waals surface area contributed by atoms with E-state index in [0.717, 1.165) is 45.1 Å². The van der Waals surface area contributed by atoms with Crippen molar-refractivity contribution in [3.63, 3.8) is 0 Å². The number of piperidine rings is 1. The highest BCUT2D eigenvalue weighted by Crippen LogP contribution is 2.22. The van der Waals surface area contributed by atoms with Gasteiger partial charge in [-0.15, -0.1) is 0 Å². The highest BCUT2D eigenvalue weighted by Gasteiger charge is 2.23. The van der Waals surface area contributed by atoms with E-state index in [1.807, 2.05) is 7.05 Å². The van der Waals surface area contributed by atoms with Crippen LogP contribution < -0.4 is 15.5 Å². The van der Waals surface area contributed by atoms with Crippen LogP contribution in [-0.4, -0.2) is 54.3 Å². The standard InChI is InChI=1S/C14H24N6O/c1-19(11-5-9-21-10-6-11)13-16-12(15)17-14(18-13)20-7-3-2-4-8-20/h11H,2-10H2,1H3,(H2,15,16,17,18). The predicted octanol–water partition coefficient (Wildman–Crippen LogP) is 1.06. The third kappa shape index (κ3) is 3.34. The van der Waals surface area contributed by atoms with E-state index in [1.165, 1.54) is 19.3 Å². The van der Waals surface area contributed by atoms with Gasteiger partial charge in [-0.25, -0.2) is 0 Å². The predicted molar refractivity (Wildman–Crippen MR) is 82.5 cm³/mol. The number of anilines is 3. The lowest BCUT2D eigenvalue weighted by Gasteiger charge is -2.32. The molecule has 0 spiro atoms. The van der Waals surface area contributed by atoms with Gasteiger partial charge in [-0.2, -0.15) is 15.0 Å². The summed E-state index contributed by atoms with van der Waals surface area (Å²) in [5, 5.41) is 0. The van der Waals surface area contributed by atoms with Crippen molar-refractivity contribution in [3.8, 4) is 0 Å².